The summed E-state index contributed by atoms with van der Waals surface area (Å²) in [5.74, 6) is 1.03. The molecule has 4 bridgehead atoms. The predicted molar refractivity (Wildman–Crippen MR) is 236 cm³/mol. The number of benzene rings is 1. The lowest BCUT2D eigenvalue weighted by Gasteiger charge is -2.64. The molecule has 17 nitrogen and oxygen atoms in total. The standard InChI is InChI=1S/C47H75N5O12/c1-5-6-7-8-17-50(29-38(54)41(57)42(58)39(55)31-53)19-15-33-11-13-37(14-12-33)61-20-16-49-43(59)62-21-22-63-47-26-34-23-35(27-47)25-46(24-34,32-47)52(44(60)64-45(2,3)4)30-40(56)51-18-9-10-36(51)28-48/h11-14,34-36,38-39,41-42,53-55,57-58H,5-10,15-27,29-32H2,1-4H3,(H,49,59)/t34?,35?,36-,38-,39+,41+,42+,46?,47?/m0/s1. The second-order valence-electron chi connectivity index (χ2n) is 19.6. The van der Waals surface area contributed by atoms with Crippen LogP contribution in [0.2, 0.25) is 0 Å². The van der Waals surface area contributed by atoms with Crippen LogP contribution in [0, 0.1) is 23.2 Å². The van der Waals surface area contributed by atoms with Crippen LogP contribution < -0.4 is 10.1 Å². The van der Waals surface area contributed by atoms with Crippen molar-refractivity contribution in [3.63, 3.8) is 0 Å². The molecule has 1 aromatic rings. The van der Waals surface area contributed by atoms with E-state index in [0.717, 1.165) is 69.8 Å². The molecule has 1 aromatic carbocycles. The number of nitrogens with zero attached hydrogens (tertiary/aromatic N) is 4. The van der Waals surface area contributed by atoms with Crippen LogP contribution in [0.3, 0.4) is 0 Å². The third-order valence-electron chi connectivity index (χ3n) is 13.3. The molecule has 1 heterocycles. The molecule has 2 unspecified atom stereocenters. The van der Waals surface area contributed by atoms with E-state index in [1.54, 1.807) is 9.80 Å². The molecule has 5 aliphatic rings. The van der Waals surface area contributed by atoms with Gasteiger partial charge in [-0.05, 0) is 121 Å². The normalized spacial score (nSPS) is 25.6. The lowest BCUT2D eigenvalue weighted by molar-refractivity contribution is -0.200. The fraction of sp³-hybridized carbons (Fsp3) is 0.787. The number of carbonyl (C=O) groups excluding carboxylic acids is 3. The molecule has 1 aliphatic heterocycles. The maximum atomic E-state index is 13.9. The van der Waals surface area contributed by atoms with E-state index in [0.29, 0.717) is 56.5 Å². The van der Waals surface area contributed by atoms with Gasteiger partial charge in [0.1, 0.15) is 55.5 Å². The molecule has 1 saturated heterocycles. The molecule has 64 heavy (non-hydrogen) atoms. The van der Waals surface area contributed by atoms with Gasteiger partial charge in [0, 0.05) is 19.6 Å². The Kier molecular flexibility index (Phi) is 18.9. The number of unbranched alkanes of at least 4 members (excludes halogenated alkanes) is 3. The summed E-state index contributed by atoms with van der Waals surface area (Å²) in [6.45, 7) is 9.24. The van der Waals surface area contributed by atoms with Crippen LogP contribution in [0.25, 0.3) is 0 Å². The average Bonchev–Trinajstić information content (AvgIpc) is 3.74. The second-order valence-corrected chi connectivity index (χ2v) is 19.6. The number of hydrogen-bond donors (Lipinski definition) is 6. The van der Waals surface area contributed by atoms with E-state index in [2.05, 4.69) is 18.3 Å². The van der Waals surface area contributed by atoms with Gasteiger partial charge in [0.2, 0.25) is 5.91 Å². The number of aliphatic hydroxyl groups excluding tert-OH is 5. The van der Waals surface area contributed by atoms with Crippen LogP contribution in [0.15, 0.2) is 24.3 Å². The van der Waals surface area contributed by atoms with Crippen LogP contribution >= 0.6 is 0 Å². The maximum absolute atomic E-state index is 13.9. The van der Waals surface area contributed by atoms with Crippen LogP contribution in [0.4, 0.5) is 9.59 Å². The Balaban J connectivity index is 1.05. The van der Waals surface area contributed by atoms with Crippen LogP contribution in [-0.2, 0) is 25.4 Å². The van der Waals surface area contributed by atoms with Gasteiger partial charge in [0.25, 0.3) is 0 Å². The molecular weight excluding hydrogens is 827 g/mol. The van der Waals surface area contributed by atoms with Crippen molar-refractivity contribution in [3.8, 4) is 11.8 Å². The highest BCUT2D eigenvalue weighted by Crippen LogP contribution is 2.61. The first-order valence-electron chi connectivity index (χ1n) is 23.5. The van der Waals surface area contributed by atoms with Crippen molar-refractivity contribution in [2.24, 2.45) is 11.8 Å². The number of rotatable bonds is 25. The summed E-state index contributed by atoms with van der Waals surface area (Å²) in [5.41, 5.74) is -0.857. The van der Waals surface area contributed by atoms with Gasteiger partial charge in [0.15, 0.2) is 0 Å². The third kappa shape index (κ3) is 14.4. The Bertz CT molecular complexity index is 1670. The van der Waals surface area contributed by atoms with E-state index < -0.39 is 66.0 Å². The summed E-state index contributed by atoms with van der Waals surface area (Å²) < 4.78 is 23.8. The number of likely N-dealkylation sites (tertiary alicyclic amines) is 1. The first-order chi connectivity index (χ1) is 30.5. The van der Waals surface area contributed by atoms with Gasteiger partial charge in [-0.25, -0.2) is 9.59 Å². The molecule has 4 saturated carbocycles. The summed E-state index contributed by atoms with van der Waals surface area (Å²) in [7, 11) is 0. The van der Waals surface area contributed by atoms with Crippen molar-refractivity contribution in [3.05, 3.63) is 29.8 Å². The number of nitriles is 1. The van der Waals surface area contributed by atoms with Crippen molar-refractivity contribution in [1.29, 1.82) is 5.26 Å². The number of aliphatic hydroxyl groups is 5. The van der Waals surface area contributed by atoms with Crippen LogP contribution in [0.1, 0.15) is 110 Å². The SMILES string of the molecule is CCCCCCN(CCc1ccc(OCCNC(=O)OCCOC23CC4CC(C2)CC(N(CC(=O)N2CCC[C@H]2C#N)C(=O)OC(C)(C)C)(C4)C3)cc1)C[C@H](O)[C@@H](O)[C@H](O)[C@H](O)CO. The maximum Gasteiger partial charge on any atom is 0.411 e. The molecule has 0 spiro atoms. The monoisotopic (exact) mass is 902 g/mol. The van der Waals surface area contributed by atoms with Gasteiger partial charge in [-0.15, -0.1) is 0 Å². The minimum atomic E-state index is -1.67. The molecule has 6 N–H and O–H groups in total. The van der Waals surface area contributed by atoms with E-state index in [1.807, 2.05) is 49.9 Å². The smallest absolute Gasteiger partial charge is 0.411 e. The van der Waals surface area contributed by atoms with E-state index in [4.69, 9.17) is 24.1 Å². The van der Waals surface area contributed by atoms with Crippen molar-refractivity contribution in [2.75, 3.05) is 65.7 Å². The summed E-state index contributed by atoms with van der Waals surface area (Å²) in [5, 5.41) is 62.2. The minimum Gasteiger partial charge on any atom is -0.492 e. The van der Waals surface area contributed by atoms with Gasteiger partial charge in [-0.2, -0.15) is 5.26 Å². The Morgan fingerprint density at radius 3 is 2.31 bits per heavy atom. The quantitative estimate of drug-likeness (QED) is 0.0772. The van der Waals surface area contributed by atoms with Gasteiger partial charge in [-0.3, -0.25) is 9.69 Å². The zero-order chi connectivity index (χ0) is 46.5. The first-order valence-corrected chi connectivity index (χ1v) is 23.5. The number of carbonyl (C=O) groups is 3. The van der Waals surface area contributed by atoms with E-state index in [1.165, 1.54) is 0 Å². The topological polar surface area (TPSA) is 235 Å². The molecule has 6 rings (SSSR count). The molecule has 3 amide bonds. The molecule has 360 valence electrons. The average molecular weight is 902 g/mol. The Morgan fingerprint density at radius 2 is 1.66 bits per heavy atom. The highest BCUT2D eigenvalue weighted by molar-refractivity contribution is 5.83. The highest BCUT2D eigenvalue weighted by atomic mass is 16.6. The molecule has 4 aliphatic carbocycles. The molecule has 17 heteroatoms. The molecule has 5 fully saturated rings. The first kappa shape index (κ1) is 51.2. The van der Waals surface area contributed by atoms with E-state index in [-0.39, 0.29) is 45.4 Å². The summed E-state index contributed by atoms with van der Waals surface area (Å²) in [6, 6.07) is 9.33. The number of nitrogens with one attached hydrogen (secondary N) is 1. The van der Waals surface area contributed by atoms with Crippen LogP contribution in [0.5, 0.6) is 5.75 Å². The summed E-state index contributed by atoms with van der Waals surface area (Å²) in [4.78, 5) is 45.4. The van der Waals surface area contributed by atoms with Crippen molar-refractivity contribution < 1.29 is 58.9 Å². The van der Waals surface area contributed by atoms with Gasteiger partial charge in [0.05, 0.1) is 43.1 Å². The van der Waals surface area contributed by atoms with Gasteiger partial charge in [-0.1, -0.05) is 38.3 Å². The zero-order valence-electron chi connectivity index (χ0n) is 38.5. The highest BCUT2D eigenvalue weighted by Gasteiger charge is 2.62. The van der Waals surface area contributed by atoms with E-state index >= 15 is 0 Å². The molecular formula is C47H75N5O12. The van der Waals surface area contributed by atoms with Crippen molar-refractivity contribution in [1.82, 2.24) is 20.0 Å². The number of alkyl carbamates (subject to hydrolysis) is 1. The molecule has 0 aromatic heterocycles. The Labute approximate surface area is 379 Å². The number of amides is 3. The molecule has 7 atom stereocenters. The predicted octanol–water partition coefficient (Wildman–Crippen LogP) is 3.51. The van der Waals surface area contributed by atoms with Gasteiger partial charge >= 0.3 is 12.2 Å². The third-order valence-corrected chi connectivity index (χ3v) is 13.3. The Morgan fingerprint density at radius 1 is 0.953 bits per heavy atom. The van der Waals surface area contributed by atoms with Gasteiger partial charge < -0.3 is 59.6 Å². The van der Waals surface area contributed by atoms with Crippen molar-refractivity contribution >= 4 is 18.1 Å². The molecule has 0 radical (unpaired) electrons. The summed E-state index contributed by atoms with van der Waals surface area (Å²) in [6.07, 6.45) is 3.73. The number of ether oxygens (including phenoxy) is 4. The van der Waals surface area contributed by atoms with Crippen molar-refractivity contribution in [2.45, 2.75) is 158 Å². The largest absolute Gasteiger partial charge is 0.492 e. The second kappa shape index (κ2) is 23.6. The lowest BCUT2D eigenvalue weighted by Crippen LogP contribution is -2.68. The minimum absolute atomic E-state index is 0.0432. The Hall–Kier alpha value is -3.76. The fourth-order valence-electron chi connectivity index (χ4n) is 10.6. The number of hydrogen-bond acceptors (Lipinski definition) is 14. The fourth-order valence-corrected chi connectivity index (χ4v) is 10.6. The zero-order valence-corrected chi connectivity index (χ0v) is 38.5. The van der Waals surface area contributed by atoms with Crippen LogP contribution in [-0.4, -0.2) is 171 Å². The lowest BCUT2D eigenvalue weighted by atomic mass is 9.50. The summed E-state index contributed by atoms with van der Waals surface area (Å²) >= 11 is 0. The van der Waals surface area contributed by atoms with E-state index in [9.17, 15) is 40.1 Å².